The minimum atomic E-state index is 0.507. The zero-order chi connectivity index (χ0) is 14.0. The van der Waals surface area contributed by atoms with Crippen molar-refractivity contribution in [1.82, 2.24) is 0 Å². The first-order chi connectivity index (χ1) is 9.02. The van der Waals surface area contributed by atoms with Crippen molar-refractivity contribution in [1.29, 1.82) is 0 Å². The standard InChI is InChI=1S/C14H11Cl4N/c15-9-1-2-11(8(5-9)3-4-19)14-12(17)6-10(16)7-13(14)18/h1-2,5-7H,3-4,19H2. The van der Waals surface area contributed by atoms with E-state index >= 15 is 0 Å². The van der Waals surface area contributed by atoms with E-state index in [1.165, 1.54) is 0 Å². The van der Waals surface area contributed by atoms with Crippen LogP contribution in [0, 0.1) is 0 Å². The van der Waals surface area contributed by atoms with E-state index in [1.54, 1.807) is 18.2 Å². The molecule has 2 aromatic rings. The van der Waals surface area contributed by atoms with E-state index in [9.17, 15) is 0 Å². The van der Waals surface area contributed by atoms with Gasteiger partial charge in [0.1, 0.15) is 0 Å². The third-order valence-electron chi connectivity index (χ3n) is 2.76. The van der Waals surface area contributed by atoms with Gasteiger partial charge in [-0.3, -0.25) is 0 Å². The van der Waals surface area contributed by atoms with Gasteiger partial charge in [-0.05, 0) is 48.4 Å². The lowest BCUT2D eigenvalue weighted by molar-refractivity contribution is 0.971. The Kier molecular flexibility index (Phi) is 4.99. The van der Waals surface area contributed by atoms with Crippen molar-refractivity contribution in [2.45, 2.75) is 6.42 Å². The van der Waals surface area contributed by atoms with Gasteiger partial charge in [0, 0.05) is 15.6 Å². The van der Waals surface area contributed by atoms with Crippen molar-refractivity contribution >= 4 is 46.4 Å². The van der Waals surface area contributed by atoms with Crippen molar-refractivity contribution in [3.63, 3.8) is 0 Å². The Hall–Kier alpha value is -0.440. The summed E-state index contributed by atoms with van der Waals surface area (Å²) in [4.78, 5) is 0. The second-order valence-electron chi connectivity index (χ2n) is 4.08. The Morgan fingerprint density at radius 2 is 1.47 bits per heavy atom. The van der Waals surface area contributed by atoms with Crippen molar-refractivity contribution in [2.75, 3.05) is 6.54 Å². The fourth-order valence-electron chi connectivity index (χ4n) is 1.97. The van der Waals surface area contributed by atoms with Gasteiger partial charge in [-0.1, -0.05) is 52.5 Å². The highest BCUT2D eigenvalue weighted by molar-refractivity contribution is 6.42. The first kappa shape index (κ1) is 15.0. The molecule has 0 bridgehead atoms. The Bertz CT molecular complexity index is 587. The fourth-order valence-corrected chi connectivity index (χ4v) is 3.18. The quantitative estimate of drug-likeness (QED) is 0.791. The van der Waals surface area contributed by atoms with E-state index in [0.717, 1.165) is 16.7 Å². The average Bonchev–Trinajstić information content (AvgIpc) is 2.31. The summed E-state index contributed by atoms with van der Waals surface area (Å²) in [5.74, 6) is 0. The summed E-state index contributed by atoms with van der Waals surface area (Å²) in [5, 5.41) is 2.19. The molecule has 0 spiro atoms. The van der Waals surface area contributed by atoms with E-state index in [1.807, 2.05) is 12.1 Å². The first-order valence-electron chi connectivity index (χ1n) is 5.66. The van der Waals surface area contributed by atoms with Gasteiger partial charge in [0.15, 0.2) is 0 Å². The number of nitrogens with two attached hydrogens (primary N) is 1. The number of benzene rings is 2. The van der Waals surface area contributed by atoms with Gasteiger partial charge in [-0.2, -0.15) is 0 Å². The van der Waals surface area contributed by atoms with Crippen LogP contribution in [0.2, 0.25) is 20.1 Å². The number of rotatable bonds is 3. The zero-order valence-electron chi connectivity index (χ0n) is 9.89. The molecule has 2 N–H and O–H groups in total. The van der Waals surface area contributed by atoms with Gasteiger partial charge in [0.25, 0.3) is 0 Å². The van der Waals surface area contributed by atoms with Gasteiger partial charge in [0.05, 0.1) is 10.0 Å². The predicted octanol–water partition coefficient (Wildman–Crippen LogP) is 5.47. The smallest absolute Gasteiger partial charge is 0.0514 e. The Balaban J connectivity index is 2.65. The van der Waals surface area contributed by atoms with Crippen LogP contribution >= 0.6 is 46.4 Å². The molecule has 0 fully saturated rings. The topological polar surface area (TPSA) is 26.0 Å². The normalized spacial score (nSPS) is 10.8. The maximum atomic E-state index is 6.25. The van der Waals surface area contributed by atoms with Gasteiger partial charge in [-0.25, -0.2) is 0 Å². The molecule has 0 unspecified atom stereocenters. The zero-order valence-corrected chi connectivity index (χ0v) is 12.9. The Morgan fingerprint density at radius 3 is 2.05 bits per heavy atom. The maximum Gasteiger partial charge on any atom is 0.0514 e. The highest BCUT2D eigenvalue weighted by atomic mass is 35.5. The Morgan fingerprint density at radius 1 is 0.842 bits per heavy atom. The highest BCUT2D eigenvalue weighted by Gasteiger charge is 2.14. The summed E-state index contributed by atoms with van der Waals surface area (Å²) >= 11 is 24.4. The van der Waals surface area contributed by atoms with Crippen LogP contribution < -0.4 is 5.73 Å². The third-order valence-corrected chi connectivity index (χ3v) is 3.81. The van der Waals surface area contributed by atoms with Crippen LogP contribution in [-0.4, -0.2) is 6.54 Å². The molecule has 0 aliphatic carbocycles. The van der Waals surface area contributed by atoms with Gasteiger partial charge < -0.3 is 5.73 Å². The summed E-state index contributed by atoms with van der Waals surface area (Å²) in [6.07, 6.45) is 0.700. The molecule has 0 heterocycles. The summed E-state index contributed by atoms with van der Waals surface area (Å²) < 4.78 is 0. The van der Waals surface area contributed by atoms with Gasteiger partial charge in [0.2, 0.25) is 0 Å². The van der Waals surface area contributed by atoms with Crippen molar-refractivity contribution in [2.24, 2.45) is 5.73 Å². The summed E-state index contributed by atoms with van der Waals surface area (Å²) in [6, 6.07) is 8.92. The van der Waals surface area contributed by atoms with Crippen molar-refractivity contribution in [3.05, 3.63) is 56.0 Å². The van der Waals surface area contributed by atoms with Crippen LogP contribution in [0.4, 0.5) is 0 Å². The second kappa shape index (κ2) is 6.34. The van der Waals surface area contributed by atoms with Crippen LogP contribution in [-0.2, 0) is 6.42 Å². The van der Waals surface area contributed by atoms with Gasteiger partial charge >= 0.3 is 0 Å². The van der Waals surface area contributed by atoms with Crippen LogP contribution in [0.15, 0.2) is 30.3 Å². The third kappa shape index (κ3) is 3.36. The van der Waals surface area contributed by atoms with E-state index in [2.05, 4.69) is 0 Å². The lowest BCUT2D eigenvalue weighted by Crippen LogP contribution is -2.04. The van der Waals surface area contributed by atoms with Crippen LogP contribution in [0.1, 0.15) is 5.56 Å². The monoisotopic (exact) mass is 333 g/mol. The molecule has 0 radical (unpaired) electrons. The molecule has 100 valence electrons. The average molecular weight is 335 g/mol. The second-order valence-corrected chi connectivity index (χ2v) is 5.77. The molecule has 0 aromatic heterocycles. The molecule has 0 aliphatic heterocycles. The molecule has 1 nitrogen and oxygen atoms in total. The molecular weight excluding hydrogens is 324 g/mol. The van der Waals surface area contributed by atoms with Gasteiger partial charge in [-0.15, -0.1) is 0 Å². The molecule has 0 atom stereocenters. The molecule has 0 amide bonds. The SMILES string of the molecule is NCCc1cc(Cl)ccc1-c1c(Cl)cc(Cl)cc1Cl. The van der Waals surface area contributed by atoms with Crippen molar-refractivity contribution < 1.29 is 0 Å². The highest BCUT2D eigenvalue weighted by Crippen LogP contribution is 2.39. The lowest BCUT2D eigenvalue weighted by Gasteiger charge is -2.13. The molecule has 2 rings (SSSR count). The molecule has 0 aliphatic rings. The summed E-state index contributed by atoms with van der Waals surface area (Å²) in [5.41, 5.74) is 8.33. The van der Waals surface area contributed by atoms with Crippen LogP contribution in [0.5, 0.6) is 0 Å². The largest absolute Gasteiger partial charge is 0.330 e. The summed E-state index contributed by atoms with van der Waals surface area (Å²) in [6.45, 7) is 0.524. The minimum absolute atomic E-state index is 0.507. The van der Waals surface area contributed by atoms with Crippen LogP contribution in [0.25, 0.3) is 11.1 Å². The summed E-state index contributed by atoms with van der Waals surface area (Å²) in [7, 11) is 0. The fraction of sp³-hybridized carbons (Fsp3) is 0.143. The van der Waals surface area contributed by atoms with E-state index in [4.69, 9.17) is 52.1 Å². The first-order valence-corrected chi connectivity index (χ1v) is 7.17. The number of halogens is 4. The lowest BCUT2D eigenvalue weighted by atomic mass is 9.97. The van der Waals surface area contributed by atoms with Crippen LogP contribution in [0.3, 0.4) is 0 Å². The molecule has 5 heteroatoms. The minimum Gasteiger partial charge on any atom is -0.330 e. The van der Waals surface area contributed by atoms with Crippen molar-refractivity contribution in [3.8, 4) is 11.1 Å². The Labute approximate surface area is 132 Å². The molecule has 19 heavy (non-hydrogen) atoms. The maximum absolute atomic E-state index is 6.25. The van der Waals surface area contributed by atoms with E-state index < -0.39 is 0 Å². The predicted molar refractivity (Wildman–Crippen MR) is 84.7 cm³/mol. The molecule has 0 saturated carbocycles. The van der Waals surface area contributed by atoms with E-state index in [-0.39, 0.29) is 0 Å². The molecule has 0 saturated heterocycles. The molecule has 2 aromatic carbocycles. The molecular formula is C14H11Cl4N. The van der Waals surface area contributed by atoms with E-state index in [0.29, 0.717) is 33.1 Å². The number of hydrogen-bond acceptors (Lipinski definition) is 1. The number of hydrogen-bond donors (Lipinski definition) is 1.